The Morgan fingerprint density at radius 1 is 1.33 bits per heavy atom. The summed E-state index contributed by atoms with van der Waals surface area (Å²) in [5.74, 6) is 0.633. The van der Waals surface area contributed by atoms with Crippen molar-refractivity contribution in [2.24, 2.45) is 0 Å². The number of aromatic carboxylic acids is 1. The first-order chi connectivity index (χ1) is 10.0. The lowest BCUT2D eigenvalue weighted by atomic mass is 10.2. The van der Waals surface area contributed by atoms with Crippen LogP contribution in [0.5, 0.6) is 5.75 Å². The lowest BCUT2D eigenvalue weighted by Crippen LogP contribution is -2.03. The van der Waals surface area contributed by atoms with Gasteiger partial charge in [0.2, 0.25) is 0 Å². The lowest BCUT2D eigenvalue weighted by molar-refractivity contribution is 0.0693. The van der Waals surface area contributed by atoms with Crippen molar-refractivity contribution in [2.75, 3.05) is 12.4 Å². The molecule has 0 aliphatic rings. The molecule has 0 fully saturated rings. The van der Waals surface area contributed by atoms with Crippen LogP contribution in [0.4, 0.5) is 11.5 Å². The summed E-state index contributed by atoms with van der Waals surface area (Å²) in [4.78, 5) is 19.7. The summed E-state index contributed by atoms with van der Waals surface area (Å²) < 4.78 is 5.10. The zero-order valence-electron chi connectivity index (χ0n) is 12.2. The van der Waals surface area contributed by atoms with E-state index in [1.807, 2.05) is 19.9 Å². The van der Waals surface area contributed by atoms with Crippen LogP contribution in [0.2, 0.25) is 0 Å². The fourth-order valence-corrected chi connectivity index (χ4v) is 1.97. The van der Waals surface area contributed by atoms with Gasteiger partial charge in [-0.05, 0) is 25.5 Å². The highest BCUT2D eigenvalue weighted by Crippen LogP contribution is 2.25. The lowest BCUT2D eigenvalue weighted by Gasteiger charge is -2.10. The Bertz CT molecular complexity index is 671. The monoisotopic (exact) mass is 287 g/mol. The minimum Gasteiger partial charge on any atom is -0.496 e. The van der Waals surface area contributed by atoms with Gasteiger partial charge >= 0.3 is 5.97 Å². The van der Waals surface area contributed by atoms with Gasteiger partial charge in [-0.1, -0.05) is 6.92 Å². The molecule has 1 heterocycles. The van der Waals surface area contributed by atoms with Crippen molar-refractivity contribution < 1.29 is 14.6 Å². The van der Waals surface area contributed by atoms with Crippen LogP contribution in [0.1, 0.15) is 28.8 Å². The number of rotatable bonds is 5. The SMILES string of the molecule is CCc1cc(Nc2ccc(C(=O)O)c(OC)c2)nc(C)n1. The van der Waals surface area contributed by atoms with E-state index in [9.17, 15) is 4.79 Å². The highest BCUT2D eigenvalue weighted by atomic mass is 16.5. The van der Waals surface area contributed by atoms with Gasteiger partial charge in [0.05, 0.1) is 7.11 Å². The Morgan fingerprint density at radius 2 is 2.10 bits per heavy atom. The predicted molar refractivity (Wildman–Crippen MR) is 79.4 cm³/mol. The Morgan fingerprint density at radius 3 is 2.71 bits per heavy atom. The maximum atomic E-state index is 11.1. The summed E-state index contributed by atoms with van der Waals surface area (Å²) in [6.45, 7) is 3.86. The molecule has 6 nitrogen and oxygen atoms in total. The van der Waals surface area contributed by atoms with Gasteiger partial charge in [-0.25, -0.2) is 14.8 Å². The number of anilines is 2. The second kappa shape index (κ2) is 6.21. The number of nitrogens with one attached hydrogen (secondary N) is 1. The summed E-state index contributed by atoms with van der Waals surface area (Å²) in [5.41, 5.74) is 1.77. The number of hydrogen-bond acceptors (Lipinski definition) is 5. The summed E-state index contributed by atoms with van der Waals surface area (Å²) >= 11 is 0. The van der Waals surface area contributed by atoms with Gasteiger partial charge < -0.3 is 15.2 Å². The Labute approximate surface area is 122 Å². The molecule has 0 amide bonds. The second-order valence-corrected chi connectivity index (χ2v) is 4.49. The average molecular weight is 287 g/mol. The second-order valence-electron chi connectivity index (χ2n) is 4.49. The number of nitrogens with zero attached hydrogens (tertiary/aromatic N) is 2. The molecule has 0 aliphatic carbocycles. The minimum absolute atomic E-state index is 0.121. The first-order valence-electron chi connectivity index (χ1n) is 6.56. The van der Waals surface area contributed by atoms with Crippen molar-refractivity contribution >= 4 is 17.5 Å². The quantitative estimate of drug-likeness (QED) is 0.879. The van der Waals surface area contributed by atoms with Crippen molar-refractivity contribution in [3.8, 4) is 5.75 Å². The molecule has 1 aromatic heterocycles. The number of benzene rings is 1. The molecule has 0 saturated heterocycles. The fraction of sp³-hybridized carbons (Fsp3) is 0.267. The first kappa shape index (κ1) is 14.8. The van der Waals surface area contributed by atoms with Gasteiger partial charge in [0, 0.05) is 23.5 Å². The summed E-state index contributed by atoms with van der Waals surface area (Å²) in [5, 5.41) is 12.2. The number of carbonyl (C=O) groups is 1. The van der Waals surface area contributed by atoms with Crippen LogP contribution in [-0.2, 0) is 6.42 Å². The summed E-state index contributed by atoms with van der Waals surface area (Å²) in [6, 6.07) is 6.67. The number of carboxylic acid groups (broad SMARTS) is 1. The van der Waals surface area contributed by atoms with E-state index in [0.717, 1.165) is 12.1 Å². The van der Waals surface area contributed by atoms with E-state index in [0.29, 0.717) is 23.1 Å². The molecular weight excluding hydrogens is 270 g/mol. The van der Waals surface area contributed by atoms with E-state index < -0.39 is 5.97 Å². The van der Waals surface area contributed by atoms with Crippen molar-refractivity contribution in [3.63, 3.8) is 0 Å². The molecule has 6 heteroatoms. The molecule has 110 valence electrons. The van der Waals surface area contributed by atoms with Crippen LogP contribution in [0.15, 0.2) is 24.3 Å². The van der Waals surface area contributed by atoms with Crippen molar-refractivity contribution in [3.05, 3.63) is 41.3 Å². The van der Waals surface area contributed by atoms with Crippen LogP contribution in [0.25, 0.3) is 0 Å². The van der Waals surface area contributed by atoms with E-state index in [-0.39, 0.29) is 5.56 Å². The number of aryl methyl sites for hydroxylation is 2. The van der Waals surface area contributed by atoms with Crippen molar-refractivity contribution in [1.82, 2.24) is 9.97 Å². The Kier molecular flexibility index (Phi) is 4.37. The predicted octanol–water partition coefficient (Wildman–Crippen LogP) is 2.80. The zero-order valence-corrected chi connectivity index (χ0v) is 12.2. The molecule has 0 radical (unpaired) electrons. The van der Waals surface area contributed by atoms with Gasteiger partial charge in [0.1, 0.15) is 23.0 Å². The van der Waals surface area contributed by atoms with Crippen LogP contribution in [0, 0.1) is 6.92 Å². The third-order valence-electron chi connectivity index (χ3n) is 2.96. The molecule has 21 heavy (non-hydrogen) atoms. The van der Waals surface area contributed by atoms with E-state index in [4.69, 9.17) is 9.84 Å². The number of hydrogen-bond donors (Lipinski definition) is 2. The zero-order chi connectivity index (χ0) is 15.4. The molecule has 2 rings (SSSR count). The maximum Gasteiger partial charge on any atom is 0.339 e. The van der Waals surface area contributed by atoms with E-state index in [2.05, 4.69) is 15.3 Å². The third kappa shape index (κ3) is 3.47. The van der Waals surface area contributed by atoms with Gasteiger partial charge in [0.25, 0.3) is 0 Å². The summed E-state index contributed by atoms with van der Waals surface area (Å²) in [7, 11) is 1.44. The maximum absolute atomic E-state index is 11.1. The molecule has 0 spiro atoms. The fourth-order valence-electron chi connectivity index (χ4n) is 1.97. The minimum atomic E-state index is -1.02. The van der Waals surface area contributed by atoms with Crippen molar-refractivity contribution in [1.29, 1.82) is 0 Å². The van der Waals surface area contributed by atoms with Gasteiger partial charge in [-0.3, -0.25) is 0 Å². The molecule has 0 saturated carbocycles. The largest absolute Gasteiger partial charge is 0.496 e. The molecule has 0 unspecified atom stereocenters. The Hall–Kier alpha value is -2.63. The van der Waals surface area contributed by atoms with Crippen LogP contribution in [0.3, 0.4) is 0 Å². The normalized spacial score (nSPS) is 10.2. The average Bonchev–Trinajstić information content (AvgIpc) is 2.46. The first-order valence-corrected chi connectivity index (χ1v) is 6.56. The number of aromatic nitrogens is 2. The van der Waals surface area contributed by atoms with Crippen LogP contribution in [-0.4, -0.2) is 28.2 Å². The van der Waals surface area contributed by atoms with Crippen LogP contribution < -0.4 is 10.1 Å². The molecule has 0 atom stereocenters. The molecular formula is C15H17N3O3. The third-order valence-corrected chi connectivity index (χ3v) is 2.96. The van der Waals surface area contributed by atoms with Gasteiger partial charge in [0.15, 0.2) is 0 Å². The topological polar surface area (TPSA) is 84.3 Å². The molecule has 0 bridgehead atoms. The summed E-state index contributed by atoms with van der Waals surface area (Å²) in [6.07, 6.45) is 0.819. The Balaban J connectivity index is 2.31. The molecule has 1 aromatic carbocycles. The molecule has 2 aromatic rings. The van der Waals surface area contributed by atoms with Gasteiger partial charge in [-0.15, -0.1) is 0 Å². The van der Waals surface area contributed by atoms with Crippen molar-refractivity contribution in [2.45, 2.75) is 20.3 Å². The van der Waals surface area contributed by atoms with E-state index in [1.165, 1.54) is 13.2 Å². The number of carboxylic acids is 1. The van der Waals surface area contributed by atoms with Crippen LogP contribution >= 0.6 is 0 Å². The smallest absolute Gasteiger partial charge is 0.339 e. The van der Waals surface area contributed by atoms with Gasteiger partial charge in [-0.2, -0.15) is 0 Å². The van der Waals surface area contributed by atoms with E-state index in [1.54, 1.807) is 12.1 Å². The highest BCUT2D eigenvalue weighted by Gasteiger charge is 2.11. The highest BCUT2D eigenvalue weighted by molar-refractivity contribution is 5.91. The number of methoxy groups -OCH3 is 1. The molecule has 0 aliphatic heterocycles. The van der Waals surface area contributed by atoms with E-state index >= 15 is 0 Å². The molecule has 2 N–H and O–H groups in total. The number of ether oxygens (including phenoxy) is 1. The standard InChI is InChI=1S/C15H17N3O3/c1-4-10-8-14(17-9(2)16-10)18-11-5-6-12(15(19)20)13(7-11)21-3/h5-8H,4H2,1-3H3,(H,19,20)(H,16,17,18).